The zero-order valence-electron chi connectivity index (χ0n) is 10.6. The molecule has 3 heteroatoms. The molecular weight excluding hydrogens is 234 g/mol. The van der Waals surface area contributed by atoms with Crippen LogP contribution in [0.2, 0.25) is 0 Å². The molecule has 0 aliphatic heterocycles. The van der Waals surface area contributed by atoms with Crippen molar-refractivity contribution in [3.05, 3.63) is 72.1 Å². The largest absolute Gasteiger partial charge is 0.309 e. The number of nitrogens with one attached hydrogen (secondary N) is 1. The highest BCUT2D eigenvalue weighted by Crippen LogP contribution is 2.13. The topological polar surface area (TPSA) is 37.8 Å². The van der Waals surface area contributed by atoms with Gasteiger partial charge in [0, 0.05) is 25.5 Å². The van der Waals surface area contributed by atoms with E-state index in [9.17, 15) is 0 Å². The second kappa shape index (κ2) is 5.59. The Bertz CT molecular complexity index is 660. The van der Waals surface area contributed by atoms with Crippen molar-refractivity contribution in [2.75, 3.05) is 0 Å². The molecule has 0 fully saturated rings. The van der Waals surface area contributed by atoms with E-state index in [0.29, 0.717) is 0 Å². The van der Waals surface area contributed by atoms with Crippen molar-refractivity contribution in [1.82, 2.24) is 15.3 Å². The van der Waals surface area contributed by atoms with Crippen LogP contribution in [0.5, 0.6) is 0 Å². The van der Waals surface area contributed by atoms with Crippen LogP contribution in [-0.2, 0) is 13.1 Å². The number of fused-ring (bicyclic) bond motifs is 1. The number of hydrogen-bond acceptors (Lipinski definition) is 3. The maximum Gasteiger partial charge on any atom is 0.0931 e. The molecule has 1 aromatic heterocycles. The second-order valence-electron chi connectivity index (χ2n) is 4.43. The van der Waals surface area contributed by atoms with Crippen LogP contribution in [0.25, 0.3) is 11.0 Å². The van der Waals surface area contributed by atoms with Gasteiger partial charge in [0.15, 0.2) is 0 Å². The minimum absolute atomic E-state index is 0.797. The summed E-state index contributed by atoms with van der Waals surface area (Å²) in [6.45, 7) is 1.66. The van der Waals surface area contributed by atoms with Crippen LogP contribution in [0.1, 0.15) is 11.1 Å². The maximum atomic E-state index is 4.40. The lowest BCUT2D eigenvalue weighted by Crippen LogP contribution is -2.13. The second-order valence-corrected chi connectivity index (χ2v) is 4.43. The molecule has 1 N–H and O–H groups in total. The molecule has 0 aliphatic carbocycles. The molecule has 0 bridgehead atoms. The number of aromatic nitrogens is 2. The summed E-state index contributed by atoms with van der Waals surface area (Å²) in [4.78, 5) is 8.72. The smallest absolute Gasteiger partial charge is 0.0931 e. The lowest BCUT2D eigenvalue weighted by Gasteiger charge is -2.07. The van der Waals surface area contributed by atoms with Crippen LogP contribution < -0.4 is 5.32 Å². The fraction of sp³-hybridized carbons (Fsp3) is 0.125. The van der Waals surface area contributed by atoms with Gasteiger partial charge in [-0.05, 0) is 17.2 Å². The lowest BCUT2D eigenvalue weighted by molar-refractivity contribution is 0.695. The third-order valence-electron chi connectivity index (χ3n) is 3.07. The molecule has 3 rings (SSSR count). The van der Waals surface area contributed by atoms with Gasteiger partial charge in [-0.1, -0.05) is 42.5 Å². The van der Waals surface area contributed by atoms with Crippen molar-refractivity contribution in [3.63, 3.8) is 0 Å². The summed E-state index contributed by atoms with van der Waals surface area (Å²) in [5, 5.41) is 3.44. The number of para-hydroxylation sites is 1. The van der Waals surface area contributed by atoms with E-state index in [0.717, 1.165) is 24.1 Å². The summed E-state index contributed by atoms with van der Waals surface area (Å²) in [5.74, 6) is 0. The van der Waals surface area contributed by atoms with Gasteiger partial charge >= 0.3 is 0 Å². The molecule has 0 spiro atoms. The molecule has 0 aliphatic rings. The van der Waals surface area contributed by atoms with Crippen molar-refractivity contribution >= 4 is 11.0 Å². The van der Waals surface area contributed by atoms with E-state index in [4.69, 9.17) is 0 Å². The Morgan fingerprint density at radius 1 is 0.789 bits per heavy atom. The van der Waals surface area contributed by atoms with Crippen LogP contribution in [0.15, 0.2) is 60.9 Å². The van der Waals surface area contributed by atoms with Crippen LogP contribution in [-0.4, -0.2) is 9.97 Å². The molecule has 19 heavy (non-hydrogen) atoms. The monoisotopic (exact) mass is 249 g/mol. The highest BCUT2D eigenvalue weighted by molar-refractivity contribution is 5.77. The zero-order valence-corrected chi connectivity index (χ0v) is 10.6. The van der Waals surface area contributed by atoms with E-state index >= 15 is 0 Å². The Balaban J connectivity index is 1.72. The summed E-state index contributed by atoms with van der Waals surface area (Å²) in [7, 11) is 0. The summed E-state index contributed by atoms with van der Waals surface area (Å²) in [5.41, 5.74) is 4.39. The molecule has 0 atom stereocenters. The van der Waals surface area contributed by atoms with Gasteiger partial charge in [-0.15, -0.1) is 0 Å². The molecule has 1 heterocycles. The average molecular weight is 249 g/mol. The number of benzene rings is 2. The predicted molar refractivity (Wildman–Crippen MR) is 76.5 cm³/mol. The maximum absolute atomic E-state index is 4.40. The molecule has 0 saturated heterocycles. The van der Waals surface area contributed by atoms with Crippen LogP contribution in [0.3, 0.4) is 0 Å². The minimum atomic E-state index is 0.797. The van der Waals surface area contributed by atoms with Gasteiger partial charge in [-0.25, -0.2) is 0 Å². The van der Waals surface area contributed by atoms with Gasteiger partial charge in [0.1, 0.15) is 0 Å². The Hall–Kier alpha value is -2.26. The molecule has 0 unspecified atom stereocenters. The van der Waals surface area contributed by atoms with Crippen molar-refractivity contribution in [1.29, 1.82) is 0 Å². The van der Waals surface area contributed by atoms with E-state index in [2.05, 4.69) is 45.6 Å². The third-order valence-corrected chi connectivity index (χ3v) is 3.07. The summed E-state index contributed by atoms with van der Waals surface area (Å²) < 4.78 is 0. The summed E-state index contributed by atoms with van der Waals surface area (Å²) in [6, 6.07) is 16.5. The van der Waals surface area contributed by atoms with Crippen molar-refractivity contribution in [2.45, 2.75) is 13.1 Å². The SMILES string of the molecule is c1ccc(CNCc2cccc3nccnc23)cc1. The summed E-state index contributed by atoms with van der Waals surface area (Å²) in [6.07, 6.45) is 3.46. The van der Waals surface area contributed by atoms with Crippen molar-refractivity contribution < 1.29 is 0 Å². The van der Waals surface area contributed by atoms with E-state index < -0.39 is 0 Å². The minimum Gasteiger partial charge on any atom is -0.309 e. The van der Waals surface area contributed by atoms with Crippen LogP contribution in [0.4, 0.5) is 0 Å². The lowest BCUT2D eigenvalue weighted by atomic mass is 10.1. The number of nitrogens with zero attached hydrogens (tertiary/aromatic N) is 2. The van der Waals surface area contributed by atoms with Gasteiger partial charge < -0.3 is 5.32 Å². The van der Waals surface area contributed by atoms with E-state index in [1.54, 1.807) is 12.4 Å². The normalized spacial score (nSPS) is 10.7. The van der Waals surface area contributed by atoms with Gasteiger partial charge in [-0.2, -0.15) is 0 Å². The van der Waals surface area contributed by atoms with E-state index in [1.165, 1.54) is 11.1 Å². The Kier molecular flexibility index (Phi) is 3.47. The molecular formula is C16H15N3. The van der Waals surface area contributed by atoms with Crippen LogP contribution >= 0.6 is 0 Å². The first-order valence-corrected chi connectivity index (χ1v) is 6.37. The highest BCUT2D eigenvalue weighted by Gasteiger charge is 2.01. The van der Waals surface area contributed by atoms with E-state index in [1.807, 2.05) is 18.2 Å². The molecule has 2 aromatic carbocycles. The fourth-order valence-electron chi connectivity index (χ4n) is 2.13. The van der Waals surface area contributed by atoms with Crippen molar-refractivity contribution in [3.8, 4) is 0 Å². The van der Waals surface area contributed by atoms with Gasteiger partial charge in [0.2, 0.25) is 0 Å². The Morgan fingerprint density at radius 3 is 2.53 bits per heavy atom. The van der Waals surface area contributed by atoms with E-state index in [-0.39, 0.29) is 0 Å². The average Bonchev–Trinajstić information content (AvgIpc) is 2.49. The molecule has 94 valence electrons. The quantitative estimate of drug-likeness (QED) is 0.772. The first-order valence-electron chi connectivity index (χ1n) is 6.37. The van der Waals surface area contributed by atoms with Gasteiger partial charge in [0.25, 0.3) is 0 Å². The summed E-state index contributed by atoms with van der Waals surface area (Å²) >= 11 is 0. The molecule has 0 saturated carbocycles. The fourth-order valence-corrected chi connectivity index (χ4v) is 2.13. The molecule has 3 nitrogen and oxygen atoms in total. The highest BCUT2D eigenvalue weighted by atomic mass is 14.9. The Morgan fingerprint density at radius 2 is 1.63 bits per heavy atom. The standard InChI is InChI=1S/C16H15N3/c1-2-5-13(6-3-1)11-17-12-14-7-4-8-15-16(14)19-10-9-18-15/h1-10,17H,11-12H2. The molecule has 0 radical (unpaired) electrons. The first kappa shape index (κ1) is 11.8. The Labute approximate surface area is 112 Å². The number of hydrogen-bond donors (Lipinski definition) is 1. The predicted octanol–water partition coefficient (Wildman–Crippen LogP) is 2.92. The first-order chi connectivity index (χ1) is 9.43. The van der Waals surface area contributed by atoms with Crippen LogP contribution in [0, 0.1) is 0 Å². The van der Waals surface area contributed by atoms with Gasteiger partial charge in [0.05, 0.1) is 11.0 Å². The van der Waals surface area contributed by atoms with Crippen molar-refractivity contribution in [2.24, 2.45) is 0 Å². The third kappa shape index (κ3) is 2.77. The number of rotatable bonds is 4. The zero-order chi connectivity index (χ0) is 12.9. The van der Waals surface area contributed by atoms with Gasteiger partial charge in [-0.3, -0.25) is 9.97 Å². The molecule has 3 aromatic rings. The molecule has 0 amide bonds.